The van der Waals surface area contributed by atoms with E-state index < -0.39 is 0 Å². The smallest absolute Gasteiger partial charge is 0.0547 e. The van der Waals surface area contributed by atoms with Crippen molar-refractivity contribution < 1.29 is 0 Å². The first-order valence-electron chi connectivity index (χ1n) is 19.1. The van der Waals surface area contributed by atoms with Gasteiger partial charge in [0.2, 0.25) is 0 Å². The Morgan fingerprint density at radius 3 is 1.35 bits per heavy atom. The van der Waals surface area contributed by atoms with Gasteiger partial charge in [-0.15, -0.1) is 0 Å². The lowest BCUT2D eigenvalue weighted by Crippen LogP contribution is -2.12. The van der Waals surface area contributed by atoms with E-state index in [2.05, 4.69) is 199 Å². The molecule has 0 saturated carbocycles. The Bertz CT molecular complexity index is 3210. The number of aromatic nitrogens is 1. The number of para-hydroxylation sites is 2. The predicted octanol–water partition coefficient (Wildman–Crippen LogP) is 14.7. The van der Waals surface area contributed by atoms with Crippen LogP contribution in [0.4, 0.5) is 0 Å². The molecule has 0 saturated heterocycles. The highest BCUT2D eigenvalue weighted by atomic mass is 32.2. The van der Waals surface area contributed by atoms with Gasteiger partial charge in [-0.2, -0.15) is 0 Å². The third-order valence-corrected chi connectivity index (χ3v) is 13.2. The largest absolute Gasteiger partial charge is 0.309 e. The van der Waals surface area contributed by atoms with Gasteiger partial charge in [-0.25, -0.2) is 0 Å². The van der Waals surface area contributed by atoms with Gasteiger partial charge in [-0.1, -0.05) is 182 Å². The Balaban J connectivity index is 1.11. The molecule has 0 spiro atoms. The SMILES string of the molecule is c1ccc(-n2c3ccccc3c3ccc(-c4ccc(C5c6c(c7ccccc7c7ccccc67)Sc6c5c5ccccc5c5ccccc65)cc4)cc32)cc1. The van der Waals surface area contributed by atoms with Gasteiger partial charge in [0.05, 0.1) is 11.0 Å². The van der Waals surface area contributed by atoms with E-state index in [1.807, 2.05) is 11.8 Å². The first-order chi connectivity index (χ1) is 27.3. The fraction of sp³-hybridized carbons (Fsp3) is 0.0189. The molecule has 0 fully saturated rings. The number of hydrogen-bond acceptors (Lipinski definition) is 1. The second-order valence-corrected chi connectivity index (χ2v) is 15.8. The van der Waals surface area contributed by atoms with Crippen molar-refractivity contribution in [1.82, 2.24) is 4.57 Å². The first kappa shape index (κ1) is 30.8. The third kappa shape index (κ3) is 4.49. The molecule has 0 atom stereocenters. The fourth-order valence-electron chi connectivity index (χ4n) is 9.52. The highest BCUT2D eigenvalue weighted by Crippen LogP contribution is 2.57. The summed E-state index contributed by atoms with van der Waals surface area (Å²) >= 11 is 1.97. The van der Waals surface area contributed by atoms with Gasteiger partial charge >= 0.3 is 0 Å². The van der Waals surface area contributed by atoms with Crippen LogP contribution in [0.2, 0.25) is 0 Å². The predicted molar refractivity (Wildman–Crippen MR) is 234 cm³/mol. The number of hydrogen-bond donors (Lipinski definition) is 0. The molecule has 1 nitrogen and oxygen atoms in total. The second-order valence-electron chi connectivity index (χ2n) is 14.7. The molecule has 0 N–H and O–H groups in total. The molecule has 0 unspecified atom stereocenters. The van der Waals surface area contributed by atoms with E-state index in [9.17, 15) is 0 Å². The van der Waals surface area contributed by atoms with E-state index in [1.165, 1.54) is 108 Å². The zero-order chi connectivity index (χ0) is 36.0. The molecule has 2 heteroatoms. The van der Waals surface area contributed by atoms with Crippen molar-refractivity contribution in [1.29, 1.82) is 0 Å². The maximum atomic E-state index is 2.40. The molecule has 0 aliphatic carbocycles. The summed E-state index contributed by atoms with van der Waals surface area (Å²) < 4.78 is 2.40. The van der Waals surface area contributed by atoms with Crippen LogP contribution in [0.1, 0.15) is 22.6 Å². The van der Waals surface area contributed by atoms with Crippen LogP contribution >= 0.6 is 11.8 Å². The molecule has 1 aliphatic heterocycles. The van der Waals surface area contributed by atoms with E-state index >= 15 is 0 Å². The van der Waals surface area contributed by atoms with Crippen molar-refractivity contribution in [2.24, 2.45) is 0 Å². The second kappa shape index (κ2) is 11.9. The van der Waals surface area contributed by atoms with E-state index in [1.54, 1.807) is 0 Å². The molecular weight excluding hydrogens is 683 g/mol. The fourth-order valence-corrected chi connectivity index (χ4v) is 11.0. The van der Waals surface area contributed by atoms with Crippen LogP contribution in [0.15, 0.2) is 204 Å². The lowest BCUT2D eigenvalue weighted by molar-refractivity contribution is 0.938. The average Bonchev–Trinajstić information content (AvgIpc) is 3.60. The summed E-state index contributed by atoms with van der Waals surface area (Å²) in [4.78, 5) is 2.74. The minimum absolute atomic E-state index is 0.0485. The van der Waals surface area contributed by atoms with E-state index in [0.717, 1.165) is 0 Å². The van der Waals surface area contributed by atoms with Gasteiger partial charge in [0.1, 0.15) is 0 Å². The van der Waals surface area contributed by atoms with Crippen molar-refractivity contribution in [3.8, 4) is 16.8 Å². The van der Waals surface area contributed by atoms with Gasteiger partial charge in [0, 0.05) is 32.2 Å². The molecular formula is C53H33NS. The lowest BCUT2D eigenvalue weighted by Gasteiger charge is -2.33. The van der Waals surface area contributed by atoms with E-state index in [-0.39, 0.29) is 5.92 Å². The van der Waals surface area contributed by atoms with Crippen LogP contribution in [0.25, 0.3) is 81.7 Å². The third-order valence-electron chi connectivity index (χ3n) is 11.9. The van der Waals surface area contributed by atoms with Crippen LogP contribution in [0.3, 0.4) is 0 Å². The lowest BCUT2D eigenvalue weighted by atomic mass is 9.78. The first-order valence-corrected chi connectivity index (χ1v) is 19.9. The maximum absolute atomic E-state index is 2.40. The molecule has 55 heavy (non-hydrogen) atoms. The summed E-state index contributed by atoms with van der Waals surface area (Å²) in [5, 5.41) is 13.1. The van der Waals surface area contributed by atoms with Crippen LogP contribution in [0, 0.1) is 0 Å². The molecule has 0 radical (unpaired) electrons. The Morgan fingerprint density at radius 1 is 0.327 bits per heavy atom. The normalized spacial score (nSPS) is 12.9. The highest BCUT2D eigenvalue weighted by molar-refractivity contribution is 8.00. The monoisotopic (exact) mass is 715 g/mol. The van der Waals surface area contributed by atoms with Gasteiger partial charge in [-0.05, 0) is 95.2 Å². The molecule has 1 aliphatic rings. The number of nitrogens with zero attached hydrogens (tertiary/aromatic N) is 1. The van der Waals surface area contributed by atoms with Crippen LogP contribution in [0.5, 0.6) is 0 Å². The quantitative estimate of drug-likeness (QED) is 0.165. The molecule has 10 aromatic carbocycles. The summed E-state index contributed by atoms with van der Waals surface area (Å²) in [6.07, 6.45) is 0. The molecule has 11 aromatic rings. The maximum Gasteiger partial charge on any atom is 0.0547 e. The molecule has 0 bridgehead atoms. The average molecular weight is 716 g/mol. The summed E-state index contributed by atoms with van der Waals surface area (Å²) in [5.41, 5.74) is 10.2. The Labute approximate surface area is 323 Å². The zero-order valence-corrected chi connectivity index (χ0v) is 30.7. The zero-order valence-electron chi connectivity index (χ0n) is 29.9. The summed E-state index contributed by atoms with van der Waals surface area (Å²) in [7, 11) is 0. The van der Waals surface area contributed by atoms with Crippen molar-refractivity contribution in [2.75, 3.05) is 0 Å². The molecule has 12 rings (SSSR count). The Kier molecular flexibility index (Phi) is 6.69. The minimum atomic E-state index is 0.0485. The standard InChI is InChI=1S/C53H33NS/c1-2-14-36(15-3-1)54-47-25-13-12-20-41(47)42-31-30-35(32-48(42)54)33-26-28-34(29-27-33)49-50-43-21-8-4-16-37(43)39-18-6-10-23-45(39)52(50)55-53-46-24-11-7-19-40(46)38-17-5-9-22-44(38)51(49)53/h1-32,49H. The van der Waals surface area contributed by atoms with Crippen molar-refractivity contribution in [2.45, 2.75) is 15.7 Å². The number of rotatable bonds is 3. The van der Waals surface area contributed by atoms with Crippen molar-refractivity contribution in [3.63, 3.8) is 0 Å². The molecule has 1 aromatic heterocycles. The van der Waals surface area contributed by atoms with Crippen LogP contribution in [-0.2, 0) is 0 Å². The Hall–Kier alpha value is -6.61. The molecule has 0 amide bonds. The number of benzene rings is 10. The van der Waals surface area contributed by atoms with E-state index in [4.69, 9.17) is 0 Å². The van der Waals surface area contributed by atoms with Gasteiger partial charge in [0.15, 0.2) is 0 Å². The van der Waals surface area contributed by atoms with Crippen LogP contribution in [-0.4, -0.2) is 4.57 Å². The van der Waals surface area contributed by atoms with Gasteiger partial charge in [0.25, 0.3) is 0 Å². The summed E-state index contributed by atoms with van der Waals surface area (Å²) in [5.74, 6) is 0.0485. The summed E-state index contributed by atoms with van der Waals surface area (Å²) in [6.45, 7) is 0. The van der Waals surface area contributed by atoms with Crippen molar-refractivity contribution >= 4 is 76.7 Å². The van der Waals surface area contributed by atoms with Crippen LogP contribution < -0.4 is 0 Å². The highest BCUT2D eigenvalue weighted by Gasteiger charge is 2.34. The molecule has 2 heterocycles. The van der Waals surface area contributed by atoms with Gasteiger partial charge < -0.3 is 4.57 Å². The Morgan fingerprint density at radius 2 is 0.764 bits per heavy atom. The molecule has 256 valence electrons. The topological polar surface area (TPSA) is 4.93 Å². The number of fused-ring (bicyclic) bond motifs is 15. The summed E-state index contributed by atoms with van der Waals surface area (Å²) in [6, 6.07) is 72.0. The van der Waals surface area contributed by atoms with Crippen molar-refractivity contribution in [3.05, 3.63) is 211 Å². The minimum Gasteiger partial charge on any atom is -0.309 e. The van der Waals surface area contributed by atoms with Gasteiger partial charge in [-0.3, -0.25) is 0 Å². The van der Waals surface area contributed by atoms with E-state index in [0.29, 0.717) is 0 Å².